The van der Waals surface area contributed by atoms with Gasteiger partial charge in [-0.25, -0.2) is 0 Å². The molecule has 16 heavy (non-hydrogen) atoms. The first-order chi connectivity index (χ1) is 7.70. The largest absolute Gasteiger partial charge is 0.323 e. The second-order valence-electron chi connectivity index (χ2n) is 4.89. The van der Waals surface area contributed by atoms with Crippen molar-refractivity contribution in [3.8, 4) is 0 Å². The Morgan fingerprint density at radius 3 is 3.00 bits per heavy atom. The molecule has 1 saturated carbocycles. The van der Waals surface area contributed by atoms with Crippen LogP contribution in [0.25, 0.3) is 0 Å². The molecular formula is C13H20BrNS. The lowest BCUT2D eigenvalue weighted by molar-refractivity contribution is 0.232. The van der Waals surface area contributed by atoms with E-state index in [9.17, 15) is 0 Å². The summed E-state index contributed by atoms with van der Waals surface area (Å²) in [7, 11) is 0. The van der Waals surface area contributed by atoms with E-state index in [0.29, 0.717) is 5.92 Å². The minimum Gasteiger partial charge on any atom is -0.323 e. The van der Waals surface area contributed by atoms with Gasteiger partial charge in [0.25, 0.3) is 0 Å². The molecular weight excluding hydrogens is 282 g/mol. The summed E-state index contributed by atoms with van der Waals surface area (Å²) >= 11 is 5.29. The molecule has 3 atom stereocenters. The van der Waals surface area contributed by atoms with Gasteiger partial charge in [-0.1, -0.05) is 26.2 Å². The van der Waals surface area contributed by atoms with Crippen molar-refractivity contribution in [1.82, 2.24) is 0 Å². The lowest BCUT2D eigenvalue weighted by Crippen LogP contribution is -2.26. The Balaban J connectivity index is 2.01. The third-order valence-corrected chi connectivity index (χ3v) is 5.62. The van der Waals surface area contributed by atoms with E-state index in [2.05, 4.69) is 34.3 Å². The van der Waals surface area contributed by atoms with Crippen molar-refractivity contribution in [2.45, 2.75) is 45.1 Å². The highest BCUT2D eigenvalue weighted by Crippen LogP contribution is 2.39. The lowest BCUT2D eigenvalue weighted by atomic mass is 9.77. The molecule has 0 spiro atoms. The molecule has 1 nitrogen and oxygen atoms in total. The molecule has 1 aromatic rings. The molecule has 90 valence electrons. The molecule has 3 unspecified atom stereocenters. The van der Waals surface area contributed by atoms with Crippen LogP contribution in [0.4, 0.5) is 0 Å². The fraction of sp³-hybridized carbons (Fsp3) is 0.692. The molecule has 2 rings (SSSR count). The number of hydrogen-bond acceptors (Lipinski definition) is 2. The van der Waals surface area contributed by atoms with Gasteiger partial charge in [-0.05, 0) is 46.7 Å². The van der Waals surface area contributed by atoms with E-state index in [4.69, 9.17) is 5.73 Å². The minimum absolute atomic E-state index is 0.255. The quantitative estimate of drug-likeness (QED) is 0.858. The van der Waals surface area contributed by atoms with Gasteiger partial charge in [0.1, 0.15) is 0 Å². The number of nitrogens with two attached hydrogens (primary N) is 1. The van der Waals surface area contributed by atoms with Crippen molar-refractivity contribution in [1.29, 1.82) is 0 Å². The second kappa shape index (κ2) is 5.65. The Morgan fingerprint density at radius 2 is 2.38 bits per heavy atom. The summed E-state index contributed by atoms with van der Waals surface area (Å²) in [5.74, 6) is 1.61. The number of thiophene rings is 1. The van der Waals surface area contributed by atoms with E-state index in [-0.39, 0.29) is 6.04 Å². The van der Waals surface area contributed by atoms with E-state index < -0.39 is 0 Å². The van der Waals surface area contributed by atoms with Crippen LogP contribution in [0.3, 0.4) is 0 Å². The van der Waals surface area contributed by atoms with E-state index in [1.807, 2.05) is 0 Å². The van der Waals surface area contributed by atoms with E-state index in [1.165, 1.54) is 41.5 Å². The van der Waals surface area contributed by atoms with Crippen molar-refractivity contribution in [2.24, 2.45) is 17.6 Å². The van der Waals surface area contributed by atoms with Gasteiger partial charge in [0.15, 0.2) is 0 Å². The molecule has 3 heteroatoms. The Labute approximate surface area is 111 Å². The normalized spacial score (nSPS) is 27.9. The van der Waals surface area contributed by atoms with Crippen molar-refractivity contribution >= 4 is 27.3 Å². The van der Waals surface area contributed by atoms with Crippen molar-refractivity contribution in [3.05, 3.63) is 20.8 Å². The summed E-state index contributed by atoms with van der Waals surface area (Å²) < 4.78 is 1.17. The summed E-state index contributed by atoms with van der Waals surface area (Å²) in [5, 5.41) is 2.13. The molecule has 0 aromatic carbocycles. The monoisotopic (exact) mass is 301 g/mol. The van der Waals surface area contributed by atoms with Gasteiger partial charge in [-0.2, -0.15) is 0 Å². The zero-order valence-electron chi connectivity index (χ0n) is 9.79. The van der Waals surface area contributed by atoms with E-state index in [0.717, 1.165) is 5.92 Å². The van der Waals surface area contributed by atoms with E-state index in [1.54, 1.807) is 11.3 Å². The molecule has 1 heterocycles. The first-order valence-corrected chi connectivity index (χ1v) is 7.87. The van der Waals surface area contributed by atoms with E-state index >= 15 is 0 Å². The highest BCUT2D eigenvalue weighted by Gasteiger charge is 2.27. The van der Waals surface area contributed by atoms with Gasteiger partial charge < -0.3 is 5.73 Å². The smallest absolute Gasteiger partial charge is 0.0418 e. The second-order valence-corrected chi connectivity index (χ2v) is 6.75. The Morgan fingerprint density at radius 1 is 1.56 bits per heavy atom. The molecule has 1 aromatic heterocycles. The van der Waals surface area contributed by atoms with Crippen molar-refractivity contribution in [3.63, 3.8) is 0 Å². The molecule has 0 radical (unpaired) electrons. The molecule has 0 amide bonds. The van der Waals surface area contributed by atoms with Gasteiger partial charge in [0.05, 0.1) is 0 Å². The maximum atomic E-state index is 6.39. The minimum atomic E-state index is 0.255. The first-order valence-electron chi connectivity index (χ1n) is 6.20. The summed E-state index contributed by atoms with van der Waals surface area (Å²) in [6.07, 6.45) is 6.73. The standard InChI is InChI=1S/C13H20BrNS/c1-2-9-4-3-5-10(6-9)13(15)12-7-11(14)8-16-12/h7-10,13H,2-6,15H2,1H3. The Kier molecular flexibility index (Phi) is 4.45. The summed E-state index contributed by atoms with van der Waals surface area (Å²) in [4.78, 5) is 1.34. The van der Waals surface area contributed by atoms with Crippen LogP contribution >= 0.6 is 27.3 Å². The highest BCUT2D eigenvalue weighted by atomic mass is 79.9. The van der Waals surface area contributed by atoms with Crippen molar-refractivity contribution in [2.75, 3.05) is 0 Å². The van der Waals surface area contributed by atoms with Gasteiger partial charge >= 0.3 is 0 Å². The first kappa shape index (κ1) is 12.6. The van der Waals surface area contributed by atoms with Crippen LogP contribution < -0.4 is 5.73 Å². The summed E-state index contributed by atoms with van der Waals surface area (Å²) in [5.41, 5.74) is 6.39. The third kappa shape index (κ3) is 2.88. The van der Waals surface area contributed by atoms with Crippen LogP contribution in [0.2, 0.25) is 0 Å². The maximum Gasteiger partial charge on any atom is 0.0418 e. The van der Waals surface area contributed by atoms with Gasteiger partial charge in [-0.3, -0.25) is 0 Å². The molecule has 1 aliphatic carbocycles. The highest BCUT2D eigenvalue weighted by molar-refractivity contribution is 9.10. The van der Waals surface area contributed by atoms with Crippen LogP contribution in [-0.4, -0.2) is 0 Å². The SMILES string of the molecule is CCC1CCCC(C(N)c2cc(Br)cs2)C1. The van der Waals surface area contributed by atoms with Crippen LogP contribution in [0, 0.1) is 11.8 Å². The van der Waals surface area contributed by atoms with Crippen LogP contribution in [0.5, 0.6) is 0 Å². The van der Waals surface area contributed by atoms with Crippen molar-refractivity contribution < 1.29 is 0 Å². The third-order valence-electron chi connectivity index (χ3n) is 3.82. The lowest BCUT2D eigenvalue weighted by Gasteiger charge is -2.32. The topological polar surface area (TPSA) is 26.0 Å². The van der Waals surface area contributed by atoms with Gasteiger partial charge in [-0.15, -0.1) is 11.3 Å². The van der Waals surface area contributed by atoms with Crippen LogP contribution in [-0.2, 0) is 0 Å². The summed E-state index contributed by atoms with van der Waals surface area (Å²) in [6.45, 7) is 2.31. The van der Waals surface area contributed by atoms with Gasteiger partial charge in [0.2, 0.25) is 0 Å². The van der Waals surface area contributed by atoms with Gasteiger partial charge in [0, 0.05) is 20.8 Å². The number of hydrogen-bond donors (Lipinski definition) is 1. The average Bonchev–Trinajstić information content (AvgIpc) is 2.75. The molecule has 0 saturated heterocycles. The molecule has 1 fully saturated rings. The Hall–Kier alpha value is 0.140. The number of rotatable bonds is 3. The summed E-state index contributed by atoms with van der Waals surface area (Å²) in [6, 6.07) is 2.44. The molecule has 2 N–H and O–H groups in total. The number of halogens is 1. The molecule has 0 bridgehead atoms. The maximum absolute atomic E-state index is 6.39. The molecule has 0 aliphatic heterocycles. The molecule has 1 aliphatic rings. The zero-order chi connectivity index (χ0) is 11.5. The predicted octanol–water partition coefficient (Wildman–Crippen LogP) is 4.73. The zero-order valence-corrected chi connectivity index (χ0v) is 12.2. The van der Waals surface area contributed by atoms with Crippen LogP contribution in [0.15, 0.2) is 15.9 Å². The fourth-order valence-corrected chi connectivity index (χ4v) is 4.30. The van der Waals surface area contributed by atoms with Crippen LogP contribution in [0.1, 0.15) is 49.9 Å². The predicted molar refractivity (Wildman–Crippen MR) is 74.7 cm³/mol. The fourth-order valence-electron chi connectivity index (χ4n) is 2.76. The Bertz CT molecular complexity index is 336. The average molecular weight is 302 g/mol.